The van der Waals surface area contributed by atoms with Crippen molar-refractivity contribution in [2.24, 2.45) is 11.5 Å². The zero-order chi connectivity index (χ0) is 12.7. The molecule has 0 aromatic heterocycles. The maximum Gasteiger partial charge on any atom is 0.0483 e. The van der Waals surface area contributed by atoms with Crippen LogP contribution >= 0.6 is 23.5 Å². The zero-order valence-electron chi connectivity index (χ0n) is 9.82. The number of rotatable bonds is 6. The highest BCUT2D eigenvalue weighted by molar-refractivity contribution is 8.19. The molecule has 0 saturated heterocycles. The smallest absolute Gasteiger partial charge is 0.0483 e. The molecule has 0 bridgehead atoms. The number of hydrogen-bond acceptors (Lipinski definition) is 4. The van der Waals surface area contributed by atoms with E-state index in [-0.39, 0.29) is 0 Å². The minimum Gasteiger partial charge on any atom is -0.402 e. The van der Waals surface area contributed by atoms with Crippen molar-refractivity contribution in [1.82, 2.24) is 0 Å². The molecule has 1 rings (SSSR count). The first-order valence-corrected chi connectivity index (χ1v) is 7.27. The molecule has 4 heteroatoms. The highest BCUT2D eigenvalue weighted by Gasteiger charge is 2.04. The summed E-state index contributed by atoms with van der Waals surface area (Å²) < 4.78 is 0. The fourth-order valence-corrected chi connectivity index (χ4v) is 3.21. The molecule has 0 amide bonds. The van der Waals surface area contributed by atoms with E-state index in [2.05, 4.69) is 19.2 Å². The summed E-state index contributed by atoms with van der Waals surface area (Å²) in [5.74, 6) is 0. The minimum atomic E-state index is 0.551. The van der Waals surface area contributed by atoms with Crippen LogP contribution in [0.2, 0.25) is 0 Å². The lowest BCUT2D eigenvalue weighted by molar-refractivity contribution is 0.933. The Bertz CT molecular complexity index is 392. The van der Waals surface area contributed by atoms with Gasteiger partial charge in [-0.3, -0.25) is 0 Å². The number of allylic oxidation sites excluding steroid dienone is 6. The molecular formula is C13H18N2S2. The number of hydrogen-bond donors (Lipinski definition) is 2. The first kappa shape index (κ1) is 14.1. The Morgan fingerprint density at radius 3 is 2.65 bits per heavy atom. The standard InChI is InChI=1S/C13H18N2S2/c1-10(14)3-4-11(2)16-9-17-13-7-5-12(15)6-8-13/h3-5,7H,1-2,6,8-9,14-15H2/b4-3-. The highest BCUT2D eigenvalue weighted by atomic mass is 32.2. The first-order valence-electron chi connectivity index (χ1n) is 5.30. The van der Waals surface area contributed by atoms with E-state index in [4.69, 9.17) is 11.5 Å². The SMILES string of the molecule is C=C(N)/C=C\C(=C)SCSC1=CC=C(N)CC1. The molecule has 0 aromatic rings. The Labute approximate surface area is 112 Å². The Morgan fingerprint density at radius 2 is 2.06 bits per heavy atom. The van der Waals surface area contributed by atoms with Crippen molar-refractivity contribution in [2.45, 2.75) is 12.8 Å². The van der Waals surface area contributed by atoms with Crippen LogP contribution in [0.5, 0.6) is 0 Å². The molecule has 17 heavy (non-hydrogen) atoms. The molecule has 2 nitrogen and oxygen atoms in total. The van der Waals surface area contributed by atoms with Crippen LogP contribution in [0.1, 0.15) is 12.8 Å². The molecule has 4 N–H and O–H groups in total. The van der Waals surface area contributed by atoms with Crippen molar-refractivity contribution >= 4 is 23.5 Å². The van der Waals surface area contributed by atoms with Crippen LogP contribution in [-0.4, -0.2) is 5.08 Å². The normalized spacial score (nSPS) is 15.5. The van der Waals surface area contributed by atoms with Gasteiger partial charge >= 0.3 is 0 Å². The van der Waals surface area contributed by atoms with E-state index in [1.165, 1.54) is 4.91 Å². The van der Waals surface area contributed by atoms with Crippen LogP contribution in [0.4, 0.5) is 0 Å². The molecule has 0 atom stereocenters. The van der Waals surface area contributed by atoms with Crippen molar-refractivity contribution in [3.05, 3.63) is 58.7 Å². The fourth-order valence-electron chi connectivity index (χ4n) is 1.18. The van der Waals surface area contributed by atoms with Gasteiger partial charge in [0.05, 0.1) is 0 Å². The highest BCUT2D eigenvalue weighted by Crippen LogP contribution is 2.30. The van der Waals surface area contributed by atoms with Gasteiger partial charge in [0.25, 0.3) is 0 Å². The lowest BCUT2D eigenvalue weighted by atomic mass is 10.1. The molecule has 0 aliphatic heterocycles. The summed E-state index contributed by atoms with van der Waals surface area (Å²) in [5.41, 5.74) is 12.7. The Kier molecular flexibility index (Phi) is 6.08. The van der Waals surface area contributed by atoms with Crippen LogP contribution in [0, 0.1) is 0 Å². The molecule has 92 valence electrons. The molecular weight excluding hydrogens is 248 g/mol. The van der Waals surface area contributed by atoms with E-state index in [0.717, 1.165) is 28.5 Å². The topological polar surface area (TPSA) is 52.0 Å². The largest absolute Gasteiger partial charge is 0.402 e. The van der Waals surface area contributed by atoms with Crippen molar-refractivity contribution in [3.8, 4) is 0 Å². The third-order valence-electron chi connectivity index (χ3n) is 2.12. The summed E-state index contributed by atoms with van der Waals surface area (Å²) in [6.07, 6.45) is 9.77. The summed E-state index contributed by atoms with van der Waals surface area (Å²) in [7, 11) is 0. The van der Waals surface area contributed by atoms with E-state index in [1.807, 2.05) is 23.9 Å². The lowest BCUT2D eigenvalue weighted by Crippen LogP contribution is -2.00. The molecule has 0 spiro atoms. The predicted octanol–water partition coefficient (Wildman–Crippen LogP) is 3.47. The number of thioether (sulfide) groups is 2. The van der Waals surface area contributed by atoms with E-state index in [0.29, 0.717) is 5.70 Å². The van der Waals surface area contributed by atoms with Gasteiger partial charge in [0, 0.05) is 21.4 Å². The van der Waals surface area contributed by atoms with E-state index in [1.54, 1.807) is 17.8 Å². The molecule has 0 aromatic carbocycles. The second kappa shape index (κ2) is 7.35. The van der Waals surface area contributed by atoms with E-state index >= 15 is 0 Å². The van der Waals surface area contributed by atoms with Crippen LogP contribution in [0.25, 0.3) is 0 Å². The summed E-state index contributed by atoms with van der Waals surface area (Å²) in [6, 6.07) is 0. The first-order chi connectivity index (χ1) is 8.08. The van der Waals surface area contributed by atoms with E-state index < -0.39 is 0 Å². The summed E-state index contributed by atoms with van der Waals surface area (Å²) in [4.78, 5) is 2.38. The second-order valence-electron chi connectivity index (χ2n) is 3.66. The van der Waals surface area contributed by atoms with Crippen LogP contribution in [0.3, 0.4) is 0 Å². The molecule has 1 aliphatic carbocycles. The lowest BCUT2D eigenvalue weighted by Gasteiger charge is -2.11. The minimum absolute atomic E-state index is 0.551. The Balaban J connectivity index is 2.24. The zero-order valence-corrected chi connectivity index (χ0v) is 11.4. The van der Waals surface area contributed by atoms with Gasteiger partial charge in [0.2, 0.25) is 0 Å². The van der Waals surface area contributed by atoms with Gasteiger partial charge < -0.3 is 11.5 Å². The van der Waals surface area contributed by atoms with Gasteiger partial charge in [-0.1, -0.05) is 19.2 Å². The molecule has 0 saturated carbocycles. The van der Waals surface area contributed by atoms with Crippen LogP contribution < -0.4 is 11.5 Å². The third kappa shape index (κ3) is 6.34. The summed E-state index contributed by atoms with van der Waals surface area (Å²) in [5, 5.41) is 0.958. The quantitative estimate of drug-likeness (QED) is 0.571. The monoisotopic (exact) mass is 266 g/mol. The number of nitrogens with two attached hydrogens (primary N) is 2. The maximum atomic E-state index is 5.70. The summed E-state index contributed by atoms with van der Waals surface area (Å²) in [6.45, 7) is 7.53. The molecule has 0 fully saturated rings. The molecule has 0 unspecified atom stereocenters. The molecule has 1 aliphatic rings. The third-order valence-corrected chi connectivity index (χ3v) is 4.28. The van der Waals surface area contributed by atoms with Crippen molar-refractivity contribution in [2.75, 3.05) is 5.08 Å². The van der Waals surface area contributed by atoms with Crippen LogP contribution in [0.15, 0.2) is 58.7 Å². The van der Waals surface area contributed by atoms with Gasteiger partial charge in [-0.25, -0.2) is 0 Å². The fraction of sp³-hybridized carbons (Fsp3) is 0.231. The Hall–Kier alpha value is -1.00. The van der Waals surface area contributed by atoms with Crippen LogP contribution in [-0.2, 0) is 0 Å². The molecule has 0 heterocycles. The van der Waals surface area contributed by atoms with Gasteiger partial charge in [-0.05, 0) is 36.0 Å². The average molecular weight is 266 g/mol. The van der Waals surface area contributed by atoms with Crippen molar-refractivity contribution in [1.29, 1.82) is 0 Å². The van der Waals surface area contributed by atoms with Gasteiger partial charge in [0.1, 0.15) is 0 Å². The molecule has 0 radical (unpaired) electrons. The van der Waals surface area contributed by atoms with Gasteiger partial charge in [-0.2, -0.15) is 0 Å². The van der Waals surface area contributed by atoms with Gasteiger partial charge in [-0.15, -0.1) is 23.5 Å². The van der Waals surface area contributed by atoms with Gasteiger partial charge in [0.15, 0.2) is 0 Å². The Morgan fingerprint density at radius 1 is 1.29 bits per heavy atom. The maximum absolute atomic E-state index is 5.70. The van der Waals surface area contributed by atoms with Crippen molar-refractivity contribution in [3.63, 3.8) is 0 Å². The predicted molar refractivity (Wildman–Crippen MR) is 81.2 cm³/mol. The van der Waals surface area contributed by atoms with Crippen molar-refractivity contribution < 1.29 is 0 Å². The summed E-state index contributed by atoms with van der Waals surface area (Å²) >= 11 is 3.54. The second-order valence-corrected chi connectivity index (χ2v) is 6.22. The average Bonchev–Trinajstić information content (AvgIpc) is 2.29. The van der Waals surface area contributed by atoms with E-state index in [9.17, 15) is 0 Å².